The summed E-state index contributed by atoms with van der Waals surface area (Å²) in [7, 11) is 2.07. The van der Waals surface area contributed by atoms with Crippen molar-refractivity contribution in [2.45, 2.75) is 43.9 Å². The van der Waals surface area contributed by atoms with Crippen molar-refractivity contribution in [3.63, 3.8) is 0 Å². The number of fused-ring (bicyclic) bond motifs is 5. The zero-order valence-electron chi connectivity index (χ0n) is 21.7. The lowest BCUT2D eigenvalue weighted by molar-refractivity contribution is -0.148. The summed E-state index contributed by atoms with van der Waals surface area (Å²) in [5, 5.41) is 5.94. The van der Waals surface area contributed by atoms with Crippen LogP contribution >= 0.6 is 0 Å². The molecule has 0 aromatic heterocycles. The van der Waals surface area contributed by atoms with E-state index >= 15 is 0 Å². The number of hydrogen-bond acceptors (Lipinski definition) is 6. The Morgan fingerprint density at radius 3 is 2.58 bits per heavy atom. The van der Waals surface area contributed by atoms with Crippen molar-refractivity contribution in [2.24, 2.45) is 11.8 Å². The van der Waals surface area contributed by atoms with Crippen LogP contribution in [0.4, 0.5) is 4.39 Å². The van der Waals surface area contributed by atoms with Gasteiger partial charge in [-0.1, -0.05) is 0 Å². The van der Waals surface area contributed by atoms with Crippen LogP contribution in [0.5, 0.6) is 0 Å². The normalized spacial score (nSPS) is 31.4. The van der Waals surface area contributed by atoms with Gasteiger partial charge in [-0.3, -0.25) is 19.2 Å². The number of nitrogens with zero attached hydrogens (tertiary/aromatic N) is 3. The van der Waals surface area contributed by atoms with Crippen molar-refractivity contribution >= 4 is 23.6 Å². The van der Waals surface area contributed by atoms with Gasteiger partial charge in [0.15, 0.2) is 6.10 Å². The van der Waals surface area contributed by atoms with Crippen LogP contribution in [-0.2, 0) is 19.1 Å². The molecule has 1 aromatic rings. The van der Waals surface area contributed by atoms with Gasteiger partial charge in [0.25, 0.3) is 11.8 Å². The van der Waals surface area contributed by atoms with Crippen LogP contribution in [0.15, 0.2) is 24.3 Å². The quantitative estimate of drug-likeness (QED) is 0.539. The Labute approximate surface area is 221 Å². The monoisotopic (exact) mass is 529 g/mol. The number of likely N-dealkylation sites (tertiary alicyclic amines) is 2. The second-order valence-electron chi connectivity index (χ2n) is 11.0. The van der Waals surface area contributed by atoms with E-state index < -0.39 is 24.0 Å². The Balaban J connectivity index is 1.38. The second kappa shape index (κ2) is 11.4. The molecule has 0 saturated carbocycles. The highest BCUT2D eigenvalue weighted by Gasteiger charge is 2.42. The first-order valence-electron chi connectivity index (χ1n) is 13.5. The van der Waals surface area contributed by atoms with Gasteiger partial charge in [-0.25, -0.2) is 4.39 Å². The summed E-state index contributed by atoms with van der Waals surface area (Å²) in [6.45, 7) is 3.28. The van der Waals surface area contributed by atoms with Crippen molar-refractivity contribution in [3.8, 4) is 0 Å². The van der Waals surface area contributed by atoms with E-state index in [-0.39, 0.29) is 67.1 Å². The zero-order chi connectivity index (χ0) is 26.8. The third kappa shape index (κ3) is 5.83. The number of nitrogens with one attached hydrogen (secondary N) is 2. The van der Waals surface area contributed by atoms with E-state index in [1.165, 1.54) is 29.2 Å². The SMILES string of the molecule is CN1CC[C@H]2CC(=O)N3CCO[C@H](C3)C(=O)N[C@H]3C[C@@H](C(=O)NCC[C@H]2C1)N(C(=O)c1ccc(F)cc1)C3. The standard InChI is InChI=1S/C27H36FN5O5/c1-31-9-7-18-12-24(34)32-10-11-38-23(16-32)26(36)30-21-13-22(25(35)29-8-6-19(18)14-31)33(15-21)27(37)17-2-4-20(28)5-3-17/h2-5,18-19,21-23H,6-16H2,1H3,(H,29,35)(H,30,36)/t18-,19-,21-,22-,23+/m0/s1. The largest absolute Gasteiger partial charge is 0.365 e. The van der Waals surface area contributed by atoms with Gasteiger partial charge in [0.05, 0.1) is 13.2 Å². The van der Waals surface area contributed by atoms with Crippen LogP contribution in [0.2, 0.25) is 0 Å². The maximum atomic E-state index is 13.4. The van der Waals surface area contributed by atoms with Gasteiger partial charge in [0.2, 0.25) is 11.8 Å². The number of carbonyl (C=O) groups is 4. The molecule has 0 aliphatic carbocycles. The lowest BCUT2D eigenvalue weighted by Gasteiger charge is -2.39. The highest BCUT2D eigenvalue weighted by Crippen LogP contribution is 2.30. The molecule has 4 amide bonds. The van der Waals surface area contributed by atoms with Gasteiger partial charge in [-0.15, -0.1) is 0 Å². The minimum Gasteiger partial charge on any atom is -0.365 e. The number of piperidine rings is 1. The number of ether oxygens (including phenoxy) is 1. The van der Waals surface area contributed by atoms with Gasteiger partial charge in [0, 0.05) is 44.2 Å². The van der Waals surface area contributed by atoms with Crippen molar-refractivity contribution in [1.82, 2.24) is 25.3 Å². The number of carbonyl (C=O) groups excluding carboxylic acids is 4. The molecular formula is C27H36FN5O5. The maximum absolute atomic E-state index is 13.4. The number of benzene rings is 1. The first kappa shape index (κ1) is 26.6. The summed E-state index contributed by atoms with van der Waals surface area (Å²) < 4.78 is 19.1. The molecule has 1 aromatic carbocycles. The number of hydrogen-bond donors (Lipinski definition) is 2. The van der Waals surface area contributed by atoms with Crippen molar-refractivity contribution < 1.29 is 28.3 Å². The van der Waals surface area contributed by atoms with Crippen LogP contribution in [0, 0.1) is 17.7 Å². The lowest BCUT2D eigenvalue weighted by Crippen LogP contribution is -2.54. The number of halogens is 1. The molecule has 4 aliphatic heterocycles. The summed E-state index contributed by atoms with van der Waals surface area (Å²) in [4.78, 5) is 58.4. The summed E-state index contributed by atoms with van der Waals surface area (Å²) in [6, 6.07) is 4.00. The fourth-order valence-corrected chi connectivity index (χ4v) is 6.21. The molecule has 0 spiro atoms. The zero-order valence-corrected chi connectivity index (χ0v) is 21.7. The fraction of sp³-hybridized carbons (Fsp3) is 0.630. The second-order valence-corrected chi connectivity index (χ2v) is 11.0. The van der Waals surface area contributed by atoms with Crippen LogP contribution < -0.4 is 10.6 Å². The average molecular weight is 530 g/mol. The topological polar surface area (TPSA) is 111 Å². The first-order chi connectivity index (χ1) is 18.3. The molecule has 4 aliphatic rings. The molecule has 5 rings (SSSR count). The third-order valence-electron chi connectivity index (χ3n) is 8.36. The Bertz CT molecular complexity index is 1070. The van der Waals surface area contributed by atoms with E-state index in [1.54, 1.807) is 4.90 Å². The van der Waals surface area contributed by atoms with E-state index in [0.717, 1.165) is 25.9 Å². The van der Waals surface area contributed by atoms with E-state index in [1.807, 2.05) is 0 Å². The van der Waals surface area contributed by atoms with Crippen LogP contribution in [0.3, 0.4) is 0 Å². The van der Waals surface area contributed by atoms with Gasteiger partial charge >= 0.3 is 0 Å². The molecule has 0 radical (unpaired) electrons. The summed E-state index contributed by atoms with van der Waals surface area (Å²) in [6.07, 6.45) is 1.52. The fourth-order valence-electron chi connectivity index (χ4n) is 6.21. The molecule has 0 unspecified atom stereocenters. The molecule has 11 heteroatoms. The summed E-state index contributed by atoms with van der Waals surface area (Å²) in [5.74, 6) is -0.983. The Morgan fingerprint density at radius 1 is 1.00 bits per heavy atom. The van der Waals surface area contributed by atoms with Gasteiger partial charge in [-0.05, 0) is 69.0 Å². The molecule has 2 N–H and O–H groups in total. The molecule has 38 heavy (non-hydrogen) atoms. The van der Waals surface area contributed by atoms with Crippen LogP contribution in [-0.4, -0.2) is 109 Å². The minimum atomic E-state index is -0.803. The minimum absolute atomic E-state index is 0.0405. The molecule has 4 heterocycles. The first-order valence-corrected chi connectivity index (χ1v) is 13.5. The van der Waals surface area contributed by atoms with E-state index in [4.69, 9.17) is 4.74 Å². The lowest BCUT2D eigenvalue weighted by atomic mass is 9.81. The van der Waals surface area contributed by atoms with Gasteiger partial charge < -0.3 is 30.1 Å². The predicted octanol–water partition coefficient (Wildman–Crippen LogP) is 0.230. The molecular weight excluding hydrogens is 493 g/mol. The highest BCUT2D eigenvalue weighted by atomic mass is 19.1. The molecule has 4 saturated heterocycles. The van der Waals surface area contributed by atoms with E-state index in [2.05, 4.69) is 22.6 Å². The smallest absolute Gasteiger partial charge is 0.254 e. The number of morpholine rings is 1. The number of amides is 4. The summed E-state index contributed by atoms with van der Waals surface area (Å²) >= 11 is 0. The number of rotatable bonds is 1. The van der Waals surface area contributed by atoms with Gasteiger partial charge in [0.1, 0.15) is 11.9 Å². The molecule has 10 nitrogen and oxygen atoms in total. The molecule has 5 atom stereocenters. The maximum Gasteiger partial charge on any atom is 0.254 e. The Morgan fingerprint density at radius 2 is 1.79 bits per heavy atom. The van der Waals surface area contributed by atoms with E-state index in [0.29, 0.717) is 19.5 Å². The van der Waals surface area contributed by atoms with E-state index in [9.17, 15) is 23.6 Å². The molecule has 206 valence electrons. The Kier molecular flexibility index (Phi) is 7.94. The Hall–Kier alpha value is -3.05. The highest BCUT2D eigenvalue weighted by molar-refractivity contribution is 5.98. The average Bonchev–Trinajstić information content (AvgIpc) is 3.33. The summed E-state index contributed by atoms with van der Waals surface area (Å²) in [5.41, 5.74) is 0.278. The van der Waals surface area contributed by atoms with Crippen molar-refractivity contribution in [2.75, 3.05) is 52.9 Å². The molecule has 4 fully saturated rings. The van der Waals surface area contributed by atoms with Gasteiger partial charge in [-0.2, -0.15) is 0 Å². The third-order valence-corrected chi connectivity index (χ3v) is 8.36. The van der Waals surface area contributed by atoms with Crippen LogP contribution in [0.25, 0.3) is 0 Å². The molecule has 4 bridgehead atoms. The van der Waals surface area contributed by atoms with Crippen molar-refractivity contribution in [1.29, 1.82) is 0 Å². The van der Waals surface area contributed by atoms with Crippen molar-refractivity contribution in [3.05, 3.63) is 35.6 Å². The van der Waals surface area contributed by atoms with Crippen LogP contribution in [0.1, 0.15) is 36.0 Å². The predicted molar refractivity (Wildman–Crippen MR) is 135 cm³/mol.